The Balaban J connectivity index is 2.59. The molecule has 0 unspecified atom stereocenters. The van der Waals surface area contributed by atoms with Crippen molar-refractivity contribution in [1.82, 2.24) is 0 Å². The van der Waals surface area contributed by atoms with Crippen LogP contribution in [-0.2, 0) is 0 Å². The van der Waals surface area contributed by atoms with Crippen molar-refractivity contribution >= 4 is 11.7 Å². The van der Waals surface area contributed by atoms with Crippen LogP contribution in [0.25, 0.3) is 0 Å². The van der Waals surface area contributed by atoms with Crippen LogP contribution in [0.5, 0.6) is 11.5 Å². The average molecular weight is 287 g/mol. The molecule has 0 aromatic heterocycles. The molecule has 0 atom stereocenters. The average Bonchev–Trinajstić information content (AvgIpc) is 2.43. The number of nitro groups is 1. The van der Waals surface area contributed by atoms with Gasteiger partial charge in [-0.1, -0.05) is 18.2 Å². The number of nitro benzene ring substituents is 1. The van der Waals surface area contributed by atoms with Gasteiger partial charge in [0, 0.05) is 6.07 Å². The summed E-state index contributed by atoms with van der Waals surface area (Å²) in [5, 5.41) is 20.2. The molecular weight excluding hydrogens is 274 g/mol. The lowest BCUT2D eigenvalue weighted by molar-refractivity contribution is -0.385. The van der Waals surface area contributed by atoms with Gasteiger partial charge in [0.05, 0.1) is 4.92 Å². The summed E-state index contributed by atoms with van der Waals surface area (Å²) in [4.78, 5) is 21.6. The van der Waals surface area contributed by atoms with Crippen molar-refractivity contribution < 1.29 is 19.6 Å². The molecule has 0 fully saturated rings. The van der Waals surface area contributed by atoms with E-state index in [4.69, 9.17) is 4.74 Å². The third-order valence-corrected chi connectivity index (χ3v) is 3.19. The summed E-state index contributed by atoms with van der Waals surface area (Å²) in [7, 11) is 0. The highest BCUT2D eigenvalue weighted by atomic mass is 16.6. The third kappa shape index (κ3) is 2.84. The van der Waals surface area contributed by atoms with E-state index >= 15 is 0 Å². The van der Waals surface area contributed by atoms with Gasteiger partial charge in [-0.3, -0.25) is 10.1 Å². The molecular formula is C15H13NO5. The minimum Gasteiger partial charge on any atom is -0.478 e. The number of aryl methyl sites for hydroxylation is 1. The van der Waals surface area contributed by atoms with Crippen molar-refractivity contribution in [3.63, 3.8) is 0 Å². The van der Waals surface area contributed by atoms with Crippen molar-refractivity contribution in [2.45, 2.75) is 13.8 Å². The zero-order valence-corrected chi connectivity index (χ0v) is 11.5. The number of nitrogens with zero attached hydrogens (tertiary/aromatic N) is 1. The zero-order valence-electron chi connectivity index (χ0n) is 11.5. The Kier molecular flexibility index (Phi) is 3.89. The second kappa shape index (κ2) is 5.62. The molecule has 6 nitrogen and oxygen atoms in total. The number of hydrogen-bond acceptors (Lipinski definition) is 4. The van der Waals surface area contributed by atoms with Gasteiger partial charge in [0.2, 0.25) is 5.75 Å². The fourth-order valence-corrected chi connectivity index (χ4v) is 1.89. The summed E-state index contributed by atoms with van der Waals surface area (Å²) in [5.41, 5.74) is 1.12. The standard InChI is InChI=1S/C15H13NO5/c1-9-5-3-8-13(10(9)2)21-14-11(15(17)18)6-4-7-12(14)16(19)20/h3-8H,1-2H3,(H,17,18). The highest BCUT2D eigenvalue weighted by Gasteiger charge is 2.24. The lowest BCUT2D eigenvalue weighted by Gasteiger charge is -2.12. The zero-order chi connectivity index (χ0) is 15.6. The van der Waals surface area contributed by atoms with Crippen molar-refractivity contribution in [3.05, 3.63) is 63.2 Å². The molecule has 2 rings (SSSR count). The fourth-order valence-electron chi connectivity index (χ4n) is 1.89. The highest BCUT2D eigenvalue weighted by Crippen LogP contribution is 2.36. The number of benzene rings is 2. The predicted molar refractivity (Wildman–Crippen MR) is 76.0 cm³/mol. The number of aromatic carboxylic acids is 1. The van der Waals surface area contributed by atoms with E-state index in [1.165, 1.54) is 18.2 Å². The van der Waals surface area contributed by atoms with Gasteiger partial charge in [-0.25, -0.2) is 4.79 Å². The highest BCUT2D eigenvalue weighted by molar-refractivity contribution is 5.92. The number of carbonyl (C=O) groups is 1. The van der Waals surface area contributed by atoms with Crippen molar-refractivity contribution in [2.75, 3.05) is 0 Å². The van der Waals surface area contributed by atoms with Crippen LogP contribution in [0.4, 0.5) is 5.69 Å². The summed E-state index contributed by atoms with van der Waals surface area (Å²) in [5.74, 6) is -1.14. The smallest absolute Gasteiger partial charge is 0.339 e. The summed E-state index contributed by atoms with van der Waals surface area (Å²) in [6.45, 7) is 3.68. The number of rotatable bonds is 4. The molecule has 0 heterocycles. The number of carboxylic acids is 1. The van der Waals surface area contributed by atoms with E-state index in [9.17, 15) is 20.0 Å². The van der Waals surface area contributed by atoms with Gasteiger partial charge in [0.15, 0.2) is 0 Å². The van der Waals surface area contributed by atoms with E-state index in [0.29, 0.717) is 5.75 Å². The van der Waals surface area contributed by atoms with Crippen LogP contribution in [-0.4, -0.2) is 16.0 Å². The minimum absolute atomic E-state index is 0.245. The van der Waals surface area contributed by atoms with Gasteiger partial charge in [-0.2, -0.15) is 0 Å². The first kappa shape index (κ1) is 14.5. The van der Waals surface area contributed by atoms with Crippen LogP contribution in [0, 0.1) is 24.0 Å². The Morgan fingerprint density at radius 2 is 1.86 bits per heavy atom. The van der Waals surface area contributed by atoms with Gasteiger partial charge in [-0.05, 0) is 37.1 Å². The number of ether oxygens (including phenoxy) is 1. The van der Waals surface area contributed by atoms with Crippen molar-refractivity contribution in [1.29, 1.82) is 0 Å². The molecule has 0 saturated carbocycles. The first-order valence-corrected chi connectivity index (χ1v) is 6.16. The van der Waals surface area contributed by atoms with E-state index in [-0.39, 0.29) is 17.0 Å². The lowest BCUT2D eigenvalue weighted by atomic mass is 10.1. The Morgan fingerprint density at radius 1 is 1.19 bits per heavy atom. The molecule has 0 amide bonds. The predicted octanol–water partition coefficient (Wildman–Crippen LogP) is 3.70. The summed E-state index contributed by atoms with van der Waals surface area (Å²) >= 11 is 0. The Morgan fingerprint density at radius 3 is 2.48 bits per heavy atom. The maximum atomic E-state index is 11.2. The third-order valence-electron chi connectivity index (χ3n) is 3.19. The van der Waals surface area contributed by atoms with Crippen LogP contribution in [0.1, 0.15) is 21.5 Å². The van der Waals surface area contributed by atoms with Gasteiger partial charge < -0.3 is 9.84 Å². The summed E-state index contributed by atoms with van der Waals surface area (Å²) in [6.07, 6.45) is 0. The molecule has 0 aliphatic heterocycles. The normalized spacial score (nSPS) is 10.2. The number of carboxylic acid groups (broad SMARTS) is 1. The Hall–Kier alpha value is -2.89. The van der Waals surface area contributed by atoms with E-state index in [2.05, 4.69) is 0 Å². The van der Waals surface area contributed by atoms with E-state index < -0.39 is 10.9 Å². The SMILES string of the molecule is Cc1cccc(Oc2c(C(=O)O)cccc2[N+](=O)[O-])c1C. The quantitative estimate of drug-likeness (QED) is 0.684. The van der Waals surface area contributed by atoms with Crippen LogP contribution in [0.15, 0.2) is 36.4 Å². The molecule has 0 bridgehead atoms. The monoisotopic (exact) mass is 287 g/mol. The number of para-hydroxylation sites is 1. The molecule has 108 valence electrons. The van der Waals surface area contributed by atoms with Gasteiger partial charge >= 0.3 is 11.7 Å². The molecule has 6 heteroatoms. The molecule has 0 saturated heterocycles. The first-order chi connectivity index (χ1) is 9.91. The van der Waals surface area contributed by atoms with Crippen LogP contribution >= 0.6 is 0 Å². The van der Waals surface area contributed by atoms with Crippen LogP contribution in [0.3, 0.4) is 0 Å². The second-order valence-corrected chi connectivity index (χ2v) is 4.52. The maximum absolute atomic E-state index is 11.2. The molecule has 0 radical (unpaired) electrons. The largest absolute Gasteiger partial charge is 0.478 e. The summed E-state index contributed by atoms with van der Waals surface area (Å²) < 4.78 is 5.55. The van der Waals surface area contributed by atoms with Gasteiger partial charge in [0.1, 0.15) is 11.3 Å². The van der Waals surface area contributed by atoms with Crippen LogP contribution in [0.2, 0.25) is 0 Å². The minimum atomic E-state index is -1.28. The second-order valence-electron chi connectivity index (χ2n) is 4.52. The molecule has 1 N–H and O–H groups in total. The van der Waals surface area contributed by atoms with Gasteiger partial charge in [0.25, 0.3) is 0 Å². The maximum Gasteiger partial charge on any atom is 0.339 e. The molecule has 0 aliphatic rings. The fraction of sp³-hybridized carbons (Fsp3) is 0.133. The molecule has 0 aliphatic carbocycles. The topological polar surface area (TPSA) is 89.7 Å². The van der Waals surface area contributed by atoms with Crippen molar-refractivity contribution in [2.24, 2.45) is 0 Å². The van der Waals surface area contributed by atoms with E-state index in [0.717, 1.165) is 11.1 Å². The van der Waals surface area contributed by atoms with E-state index in [1.807, 2.05) is 13.0 Å². The Bertz CT molecular complexity index is 692. The molecule has 21 heavy (non-hydrogen) atoms. The molecule has 2 aromatic carbocycles. The first-order valence-electron chi connectivity index (χ1n) is 6.16. The van der Waals surface area contributed by atoms with Gasteiger partial charge in [-0.15, -0.1) is 0 Å². The molecule has 2 aromatic rings. The Labute approximate surface area is 120 Å². The van der Waals surface area contributed by atoms with E-state index in [1.54, 1.807) is 19.1 Å². The number of hydrogen-bond donors (Lipinski definition) is 1. The molecule has 0 spiro atoms. The van der Waals surface area contributed by atoms with Crippen molar-refractivity contribution in [3.8, 4) is 11.5 Å². The summed E-state index contributed by atoms with van der Waals surface area (Å²) in [6, 6.07) is 9.07. The van der Waals surface area contributed by atoms with Crippen LogP contribution < -0.4 is 4.74 Å². The lowest BCUT2D eigenvalue weighted by Crippen LogP contribution is -2.03.